The van der Waals surface area contributed by atoms with Gasteiger partial charge in [-0.3, -0.25) is 14.2 Å². The minimum atomic E-state index is -4.83. The number of aryl methyl sites for hydroxylation is 1. The van der Waals surface area contributed by atoms with Gasteiger partial charge in [0.05, 0.1) is 5.39 Å². The van der Waals surface area contributed by atoms with Crippen LogP contribution in [0.25, 0.3) is 11.0 Å². The molecule has 1 amide bonds. The second-order valence-corrected chi connectivity index (χ2v) is 11.0. The number of ether oxygens (including phenoxy) is 1. The molecular weight excluding hydrogens is 521 g/mol. The quantitative estimate of drug-likeness (QED) is 0.441. The molecule has 0 atom stereocenters. The first kappa shape index (κ1) is 26.7. The highest BCUT2D eigenvalue weighted by Crippen LogP contribution is 2.47. The molecule has 1 aliphatic heterocycles. The highest BCUT2D eigenvalue weighted by Gasteiger charge is 2.59. The summed E-state index contributed by atoms with van der Waals surface area (Å²) in [6, 6.07) is 3.03. The van der Waals surface area contributed by atoms with E-state index < -0.39 is 53.4 Å². The minimum Gasteiger partial charge on any atom is -0.443 e. The van der Waals surface area contributed by atoms with E-state index in [0.717, 1.165) is 0 Å². The summed E-state index contributed by atoms with van der Waals surface area (Å²) in [7, 11) is 0. The highest BCUT2D eigenvalue weighted by molar-refractivity contribution is 5.97. The maximum absolute atomic E-state index is 13.7. The zero-order valence-electron chi connectivity index (χ0n) is 21.6. The number of pyridine rings is 1. The molecule has 1 fully saturated rings. The van der Waals surface area contributed by atoms with Crippen molar-refractivity contribution in [2.45, 2.75) is 76.4 Å². The van der Waals surface area contributed by atoms with E-state index in [1.165, 1.54) is 27.7 Å². The van der Waals surface area contributed by atoms with Gasteiger partial charge >= 0.3 is 12.3 Å². The third-order valence-electron chi connectivity index (χ3n) is 7.14. The predicted octanol–water partition coefficient (Wildman–Crippen LogP) is 3.69. The Balaban J connectivity index is 1.53. The van der Waals surface area contributed by atoms with Crippen molar-refractivity contribution >= 4 is 34.5 Å². The second-order valence-electron chi connectivity index (χ2n) is 11.0. The van der Waals surface area contributed by atoms with Crippen LogP contribution in [0.1, 0.15) is 62.5 Å². The number of halogens is 3. The number of nitrogens with zero attached hydrogens (tertiary/aromatic N) is 4. The van der Waals surface area contributed by atoms with E-state index in [1.54, 1.807) is 33.8 Å². The molecule has 0 radical (unpaired) electrons. The fraction of sp³-hybridized carbons (Fsp3) is 0.480. The van der Waals surface area contributed by atoms with E-state index in [2.05, 4.69) is 20.6 Å². The molecule has 1 aliphatic carbocycles. The van der Waals surface area contributed by atoms with Gasteiger partial charge in [0.2, 0.25) is 0 Å². The normalized spacial score (nSPS) is 23.1. The van der Waals surface area contributed by atoms with Gasteiger partial charge in [-0.2, -0.15) is 13.2 Å². The number of anilines is 2. The SMILES string of the molecule is Cc1cc(Nc2ncnc3c2ccn3C(=O)OC(C)(C)C)c(=O)n2c1C(=O)NC21CCC(O)(C(F)(F)F)CC1. The van der Waals surface area contributed by atoms with E-state index in [0.29, 0.717) is 10.9 Å². The lowest BCUT2D eigenvalue weighted by Gasteiger charge is -2.43. The van der Waals surface area contributed by atoms with Crippen molar-refractivity contribution < 1.29 is 32.6 Å². The highest BCUT2D eigenvalue weighted by atomic mass is 19.4. The third-order valence-corrected chi connectivity index (χ3v) is 7.14. The fourth-order valence-electron chi connectivity index (χ4n) is 5.20. The Kier molecular flexibility index (Phi) is 5.83. The summed E-state index contributed by atoms with van der Waals surface area (Å²) in [6.07, 6.45) is -4.76. The number of rotatable bonds is 2. The molecular formula is C25H27F3N6O5. The number of nitrogens with one attached hydrogen (secondary N) is 2. The average molecular weight is 549 g/mol. The fourth-order valence-corrected chi connectivity index (χ4v) is 5.20. The monoisotopic (exact) mass is 548 g/mol. The molecule has 39 heavy (non-hydrogen) atoms. The molecule has 1 saturated carbocycles. The lowest BCUT2D eigenvalue weighted by Crippen LogP contribution is -2.57. The van der Waals surface area contributed by atoms with Gasteiger partial charge in [0.25, 0.3) is 11.5 Å². The molecule has 2 aliphatic rings. The topological polar surface area (TPSA) is 140 Å². The smallest absolute Gasteiger partial charge is 0.420 e. The summed E-state index contributed by atoms with van der Waals surface area (Å²) < 4.78 is 48.1. The molecule has 1 spiro atoms. The third kappa shape index (κ3) is 4.32. The van der Waals surface area contributed by atoms with Crippen molar-refractivity contribution in [3.05, 3.63) is 46.3 Å². The molecule has 0 aromatic carbocycles. The number of aliphatic hydroxyl groups is 1. The van der Waals surface area contributed by atoms with Gasteiger partial charge in [-0.25, -0.2) is 19.3 Å². The average Bonchev–Trinajstić information content (AvgIpc) is 3.38. The molecule has 11 nitrogen and oxygen atoms in total. The van der Waals surface area contributed by atoms with Crippen LogP contribution in [0, 0.1) is 6.92 Å². The van der Waals surface area contributed by atoms with E-state index in [9.17, 15) is 32.7 Å². The molecule has 4 heterocycles. The summed E-state index contributed by atoms with van der Waals surface area (Å²) in [5.74, 6) is -0.381. The largest absolute Gasteiger partial charge is 0.443 e. The van der Waals surface area contributed by atoms with Gasteiger partial charge in [0.15, 0.2) is 11.2 Å². The lowest BCUT2D eigenvalue weighted by molar-refractivity contribution is -0.275. The van der Waals surface area contributed by atoms with Crippen molar-refractivity contribution in [1.29, 1.82) is 0 Å². The Labute approximate surface area is 220 Å². The molecule has 0 saturated heterocycles. The Morgan fingerprint density at radius 3 is 2.44 bits per heavy atom. The number of hydrogen-bond donors (Lipinski definition) is 3. The molecule has 0 bridgehead atoms. The number of hydrogen-bond acceptors (Lipinski definition) is 8. The molecule has 0 unspecified atom stereocenters. The van der Waals surface area contributed by atoms with Crippen LogP contribution in [-0.4, -0.2) is 53.6 Å². The number of carbonyl (C=O) groups excluding carboxylic acids is 2. The Hall–Kier alpha value is -3.94. The van der Waals surface area contributed by atoms with Crippen molar-refractivity contribution in [3.63, 3.8) is 0 Å². The van der Waals surface area contributed by atoms with E-state index in [1.807, 2.05) is 0 Å². The molecule has 3 N–H and O–H groups in total. The zero-order valence-corrected chi connectivity index (χ0v) is 21.6. The molecule has 3 aromatic rings. The first-order valence-electron chi connectivity index (χ1n) is 12.3. The number of aromatic nitrogens is 4. The summed E-state index contributed by atoms with van der Waals surface area (Å²) in [6.45, 7) is 6.79. The maximum Gasteiger partial charge on any atom is 0.420 e. The van der Waals surface area contributed by atoms with Gasteiger partial charge in [0.1, 0.15) is 34.8 Å². The van der Waals surface area contributed by atoms with Crippen LogP contribution in [0.4, 0.5) is 29.5 Å². The van der Waals surface area contributed by atoms with Gasteiger partial charge in [-0.1, -0.05) is 0 Å². The van der Waals surface area contributed by atoms with Crippen molar-refractivity contribution in [2.75, 3.05) is 5.32 Å². The van der Waals surface area contributed by atoms with E-state index in [-0.39, 0.29) is 35.7 Å². The molecule has 5 rings (SSSR count). The Bertz CT molecular complexity index is 1560. The Morgan fingerprint density at radius 2 is 1.82 bits per heavy atom. The first-order chi connectivity index (χ1) is 18.1. The number of alkyl halides is 3. The summed E-state index contributed by atoms with van der Waals surface area (Å²) >= 11 is 0. The van der Waals surface area contributed by atoms with Crippen LogP contribution >= 0.6 is 0 Å². The van der Waals surface area contributed by atoms with E-state index >= 15 is 0 Å². The molecule has 3 aromatic heterocycles. The van der Waals surface area contributed by atoms with Crippen LogP contribution in [0.15, 0.2) is 29.5 Å². The van der Waals surface area contributed by atoms with Crippen molar-refractivity contribution in [2.24, 2.45) is 0 Å². The molecule has 14 heteroatoms. The number of amides is 1. The van der Waals surface area contributed by atoms with E-state index in [4.69, 9.17) is 4.74 Å². The van der Waals surface area contributed by atoms with Crippen LogP contribution in [0.2, 0.25) is 0 Å². The first-order valence-corrected chi connectivity index (χ1v) is 12.3. The van der Waals surface area contributed by atoms with Gasteiger partial charge in [0, 0.05) is 6.20 Å². The predicted molar refractivity (Wildman–Crippen MR) is 133 cm³/mol. The van der Waals surface area contributed by atoms with Gasteiger partial charge < -0.3 is 20.5 Å². The summed E-state index contributed by atoms with van der Waals surface area (Å²) in [4.78, 5) is 47.5. The lowest BCUT2D eigenvalue weighted by atomic mass is 9.78. The molecule has 208 valence electrons. The van der Waals surface area contributed by atoms with Crippen LogP contribution in [-0.2, 0) is 10.4 Å². The zero-order chi connectivity index (χ0) is 28.5. The van der Waals surface area contributed by atoms with Crippen molar-refractivity contribution in [3.8, 4) is 0 Å². The summed E-state index contributed by atoms with van der Waals surface area (Å²) in [5.41, 5.74) is -4.98. The standard InChI is InChI=1S/C25H27F3N6O5/c1-13-11-15(31-17-14-5-10-33(18(14)30-12-29-17)21(37)39-22(2,3)4)20(36)34-16(13)19(35)32-24(34)8-6-23(38,7-9-24)25(26,27)28/h5,10-12,38H,6-9H2,1-4H3,(H,32,35)(H,29,30,31). The minimum absolute atomic E-state index is 0.0220. The number of carbonyl (C=O) groups is 2. The van der Waals surface area contributed by atoms with Crippen molar-refractivity contribution in [1.82, 2.24) is 24.4 Å². The van der Waals surface area contributed by atoms with Crippen LogP contribution < -0.4 is 16.2 Å². The van der Waals surface area contributed by atoms with Crippen LogP contribution in [0.3, 0.4) is 0 Å². The summed E-state index contributed by atoms with van der Waals surface area (Å²) in [5, 5.41) is 16.2. The van der Waals surface area contributed by atoms with Crippen LogP contribution in [0.5, 0.6) is 0 Å². The van der Waals surface area contributed by atoms with Gasteiger partial charge in [-0.05, 0) is 71.1 Å². The Morgan fingerprint density at radius 1 is 1.15 bits per heavy atom. The number of fused-ring (bicyclic) bond motifs is 3. The van der Waals surface area contributed by atoms with Gasteiger partial charge in [-0.15, -0.1) is 0 Å². The maximum atomic E-state index is 13.7. The second kappa shape index (κ2) is 8.53.